The van der Waals surface area contributed by atoms with Gasteiger partial charge in [0.15, 0.2) is 0 Å². The maximum atomic E-state index is 10.8. The topological polar surface area (TPSA) is 56.1 Å². The molecule has 0 aliphatic carbocycles. The first-order valence-corrected chi connectivity index (χ1v) is 8.45. The number of benzene rings is 2. The van der Waals surface area contributed by atoms with Crippen LogP contribution in [-0.2, 0) is 11.3 Å². The Morgan fingerprint density at radius 1 is 1.24 bits per heavy atom. The molecule has 0 saturated carbocycles. The molecule has 3 aromatic rings. The van der Waals surface area contributed by atoms with Crippen molar-refractivity contribution in [1.29, 1.82) is 0 Å². The third kappa shape index (κ3) is 3.65. The number of hydrogen-bond acceptors (Lipinski definition) is 3. The highest BCUT2D eigenvalue weighted by Crippen LogP contribution is 2.22. The van der Waals surface area contributed by atoms with Crippen molar-refractivity contribution in [3.05, 3.63) is 59.4 Å². The summed E-state index contributed by atoms with van der Waals surface area (Å²) >= 11 is 0. The van der Waals surface area contributed by atoms with Crippen LogP contribution < -0.4 is 10.1 Å². The zero-order valence-electron chi connectivity index (χ0n) is 14.8. The Kier molecular flexibility index (Phi) is 5.03. The largest absolute Gasteiger partial charge is 0.491 e. The highest BCUT2D eigenvalue weighted by molar-refractivity contribution is 5.76. The molecule has 0 aliphatic rings. The van der Waals surface area contributed by atoms with Gasteiger partial charge in [-0.1, -0.05) is 29.8 Å². The van der Waals surface area contributed by atoms with Crippen molar-refractivity contribution in [2.24, 2.45) is 0 Å². The Morgan fingerprint density at radius 2 is 2.04 bits per heavy atom. The van der Waals surface area contributed by atoms with Crippen LogP contribution in [0.15, 0.2) is 42.5 Å². The molecule has 130 valence electrons. The van der Waals surface area contributed by atoms with Crippen LogP contribution in [0.1, 0.15) is 29.9 Å². The summed E-state index contributed by atoms with van der Waals surface area (Å²) in [6.07, 6.45) is 0.709. The quantitative estimate of drug-likeness (QED) is 0.671. The average molecular weight is 337 g/mol. The summed E-state index contributed by atoms with van der Waals surface area (Å²) in [5.74, 6) is 1.73. The van der Waals surface area contributed by atoms with Crippen LogP contribution in [-0.4, -0.2) is 22.6 Å². The molecule has 1 aromatic heterocycles. The van der Waals surface area contributed by atoms with Crippen LogP contribution in [0.5, 0.6) is 5.75 Å². The highest BCUT2D eigenvalue weighted by atomic mass is 16.5. The molecule has 25 heavy (non-hydrogen) atoms. The predicted octanol–water partition coefficient (Wildman–Crippen LogP) is 3.54. The second kappa shape index (κ2) is 7.38. The summed E-state index contributed by atoms with van der Waals surface area (Å²) in [7, 11) is 0. The van der Waals surface area contributed by atoms with E-state index in [1.54, 1.807) is 0 Å². The minimum Gasteiger partial charge on any atom is -0.491 e. The number of hydrogen-bond donors (Lipinski definition) is 1. The molecule has 1 N–H and O–H groups in total. The number of imidazole rings is 1. The van der Waals surface area contributed by atoms with E-state index in [1.807, 2.05) is 37.3 Å². The molecule has 5 nitrogen and oxygen atoms in total. The maximum absolute atomic E-state index is 10.8. The van der Waals surface area contributed by atoms with Gasteiger partial charge in [0.2, 0.25) is 6.41 Å². The van der Waals surface area contributed by atoms with E-state index in [0.29, 0.717) is 19.6 Å². The number of carbonyl (C=O) groups excluding carboxylic acids is 1. The molecule has 3 rings (SSSR count). The van der Waals surface area contributed by atoms with Gasteiger partial charge < -0.3 is 14.6 Å². The number of carbonyl (C=O) groups is 1. The number of fused-ring (bicyclic) bond motifs is 1. The third-order valence-electron chi connectivity index (χ3n) is 4.29. The molecule has 5 heteroatoms. The zero-order chi connectivity index (χ0) is 17.8. The fourth-order valence-electron chi connectivity index (χ4n) is 3.04. The number of aryl methyl sites for hydroxylation is 2. The molecule has 0 saturated heterocycles. The zero-order valence-corrected chi connectivity index (χ0v) is 14.8. The van der Waals surface area contributed by atoms with Gasteiger partial charge in [-0.2, -0.15) is 0 Å². The van der Waals surface area contributed by atoms with Gasteiger partial charge in [-0.05, 0) is 44.5 Å². The normalized spacial score (nSPS) is 12.1. The smallest absolute Gasteiger partial charge is 0.207 e. The third-order valence-corrected chi connectivity index (χ3v) is 4.29. The van der Waals surface area contributed by atoms with E-state index in [0.717, 1.165) is 28.2 Å². The van der Waals surface area contributed by atoms with Crippen molar-refractivity contribution in [2.75, 3.05) is 6.61 Å². The van der Waals surface area contributed by atoms with Crippen molar-refractivity contribution < 1.29 is 9.53 Å². The van der Waals surface area contributed by atoms with E-state index in [1.165, 1.54) is 5.56 Å². The summed E-state index contributed by atoms with van der Waals surface area (Å²) in [6, 6.07) is 14.0. The number of amides is 1. The Hall–Kier alpha value is -2.82. The molecule has 2 aromatic carbocycles. The number of ether oxygens (including phenoxy) is 1. The summed E-state index contributed by atoms with van der Waals surface area (Å²) in [5.41, 5.74) is 4.32. The fourth-order valence-corrected chi connectivity index (χ4v) is 3.04. The molecular weight excluding hydrogens is 314 g/mol. The molecule has 0 fully saturated rings. The number of rotatable bonds is 7. The van der Waals surface area contributed by atoms with E-state index in [9.17, 15) is 4.79 Å². The van der Waals surface area contributed by atoms with Gasteiger partial charge in [-0.25, -0.2) is 4.98 Å². The van der Waals surface area contributed by atoms with Gasteiger partial charge in [0.25, 0.3) is 0 Å². The van der Waals surface area contributed by atoms with Crippen molar-refractivity contribution in [3.8, 4) is 5.75 Å². The lowest BCUT2D eigenvalue weighted by Crippen LogP contribution is -2.22. The highest BCUT2D eigenvalue weighted by Gasteiger charge is 2.16. The summed E-state index contributed by atoms with van der Waals surface area (Å²) in [5, 5.41) is 2.78. The van der Waals surface area contributed by atoms with Crippen LogP contribution >= 0.6 is 0 Å². The van der Waals surface area contributed by atoms with Gasteiger partial charge in [0.1, 0.15) is 18.2 Å². The standard InChI is InChI=1S/C20H23N3O2/c1-14-8-9-19(15(2)12-14)25-11-10-23-18-7-5-4-6-17(18)22-20(23)16(3)21-13-24/h4-9,12-13,16H,10-11H2,1-3H3,(H,21,24)/t16-/m0/s1. The molecular formula is C20H23N3O2. The predicted molar refractivity (Wildman–Crippen MR) is 98.8 cm³/mol. The Morgan fingerprint density at radius 3 is 2.80 bits per heavy atom. The van der Waals surface area contributed by atoms with E-state index >= 15 is 0 Å². The maximum Gasteiger partial charge on any atom is 0.207 e. The Labute approximate surface area is 147 Å². The van der Waals surface area contributed by atoms with Gasteiger partial charge in [-0.15, -0.1) is 0 Å². The van der Waals surface area contributed by atoms with Crippen LogP contribution in [0.4, 0.5) is 0 Å². The first kappa shape index (κ1) is 17.0. The second-order valence-corrected chi connectivity index (χ2v) is 6.23. The van der Waals surface area contributed by atoms with E-state index in [2.05, 4.69) is 40.8 Å². The van der Waals surface area contributed by atoms with Crippen LogP contribution in [0.2, 0.25) is 0 Å². The Bertz CT molecular complexity index is 886. The van der Waals surface area contributed by atoms with Crippen LogP contribution in [0.3, 0.4) is 0 Å². The van der Waals surface area contributed by atoms with Crippen LogP contribution in [0, 0.1) is 13.8 Å². The van der Waals surface area contributed by atoms with Gasteiger partial charge in [-0.3, -0.25) is 4.79 Å². The summed E-state index contributed by atoms with van der Waals surface area (Å²) < 4.78 is 8.08. The lowest BCUT2D eigenvalue weighted by Gasteiger charge is -2.15. The molecule has 1 amide bonds. The number of aromatic nitrogens is 2. The molecule has 1 heterocycles. The molecule has 0 bridgehead atoms. The molecule has 0 aliphatic heterocycles. The van der Waals surface area contributed by atoms with Gasteiger partial charge in [0, 0.05) is 0 Å². The fraction of sp³-hybridized carbons (Fsp3) is 0.300. The average Bonchev–Trinajstić information content (AvgIpc) is 2.96. The molecule has 1 atom stereocenters. The number of para-hydroxylation sites is 2. The Balaban J connectivity index is 1.82. The summed E-state index contributed by atoms with van der Waals surface area (Å²) in [6.45, 7) is 7.24. The minimum atomic E-state index is -0.161. The monoisotopic (exact) mass is 337 g/mol. The first-order valence-electron chi connectivity index (χ1n) is 8.45. The lowest BCUT2D eigenvalue weighted by molar-refractivity contribution is -0.110. The second-order valence-electron chi connectivity index (χ2n) is 6.23. The number of nitrogens with one attached hydrogen (secondary N) is 1. The lowest BCUT2D eigenvalue weighted by atomic mass is 10.1. The molecule has 0 unspecified atom stereocenters. The minimum absolute atomic E-state index is 0.161. The summed E-state index contributed by atoms with van der Waals surface area (Å²) in [4.78, 5) is 15.5. The van der Waals surface area contributed by atoms with E-state index in [-0.39, 0.29) is 6.04 Å². The van der Waals surface area contributed by atoms with Crippen LogP contribution in [0.25, 0.3) is 11.0 Å². The van der Waals surface area contributed by atoms with Gasteiger partial charge >= 0.3 is 0 Å². The van der Waals surface area contributed by atoms with Gasteiger partial charge in [0.05, 0.1) is 23.6 Å². The van der Waals surface area contributed by atoms with Crippen molar-refractivity contribution in [2.45, 2.75) is 33.4 Å². The van der Waals surface area contributed by atoms with Crippen molar-refractivity contribution in [1.82, 2.24) is 14.9 Å². The SMILES string of the molecule is Cc1ccc(OCCn2c([C@H](C)NC=O)nc3ccccc32)c(C)c1. The molecule has 0 spiro atoms. The van der Waals surface area contributed by atoms with Crippen molar-refractivity contribution >= 4 is 17.4 Å². The van der Waals surface area contributed by atoms with E-state index < -0.39 is 0 Å². The molecule has 0 radical (unpaired) electrons. The first-order chi connectivity index (χ1) is 12.1. The van der Waals surface area contributed by atoms with Crippen molar-refractivity contribution in [3.63, 3.8) is 0 Å². The van der Waals surface area contributed by atoms with E-state index in [4.69, 9.17) is 4.74 Å². The number of nitrogens with zero attached hydrogens (tertiary/aromatic N) is 2.